The summed E-state index contributed by atoms with van der Waals surface area (Å²) in [6.07, 6.45) is 0. The van der Waals surface area contributed by atoms with Gasteiger partial charge in [-0.05, 0) is 36.8 Å². The highest BCUT2D eigenvalue weighted by Gasteiger charge is 2.68. The molecular weight excluding hydrogens is 486 g/mol. The lowest BCUT2D eigenvalue weighted by atomic mass is 9.78. The number of carbonyl (C=O) groups is 1. The zero-order valence-electron chi connectivity index (χ0n) is 17.8. The van der Waals surface area contributed by atoms with Crippen molar-refractivity contribution in [3.05, 3.63) is 104 Å². The van der Waals surface area contributed by atoms with Crippen LogP contribution in [-0.2, 0) is 16.9 Å². The van der Waals surface area contributed by atoms with Gasteiger partial charge in [0.2, 0.25) is 0 Å². The molecule has 0 aromatic heterocycles. The van der Waals surface area contributed by atoms with E-state index >= 15 is 0 Å². The number of fused-ring (bicyclic) bond motifs is 2. The van der Waals surface area contributed by atoms with Gasteiger partial charge in [-0.2, -0.15) is 0 Å². The maximum Gasteiger partial charge on any atom is 0.256 e. The highest BCUT2D eigenvalue weighted by molar-refractivity contribution is 9.10. The molecule has 2 heterocycles. The van der Waals surface area contributed by atoms with Crippen molar-refractivity contribution in [2.24, 2.45) is 0 Å². The van der Waals surface area contributed by atoms with E-state index in [0.29, 0.717) is 29.2 Å². The number of para-hydroxylation sites is 1. The van der Waals surface area contributed by atoms with Gasteiger partial charge in [0.15, 0.2) is 5.54 Å². The van der Waals surface area contributed by atoms with Crippen LogP contribution in [0.5, 0.6) is 5.75 Å². The predicted octanol–water partition coefficient (Wildman–Crippen LogP) is 4.60. The second-order valence-electron chi connectivity index (χ2n) is 8.45. The van der Waals surface area contributed by atoms with E-state index in [9.17, 15) is 14.9 Å². The van der Waals surface area contributed by atoms with Gasteiger partial charge >= 0.3 is 0 Å². The molecule has 1 spiro atoms. The van der Waals surface area contributed by atoms with E-state index in [1.165, 1.54) is 0 Å². The molecule has 1 amide bonds. The third-order valence-electron chi connectivity index (χ3n) is 6.53. The smallest absolute Gasteiger partial charge is 0.256 e. The molecule has 4 atom stereocenters. The summed E-state index contributed by atoms with van der Waals surface area (Å²) in [4.78, 5) is 25.5. The SMILES string of the molecule is C[C@@H]1N[C@]2(C(=O)Nc3ccccc32)[C@@H]([N+](=O)[O-])[C@H]1c1cc(Br)ccc1OCc1ccccc1. The first-order chi connectivity index (χ1) is 15.9. The molecule has 2 N–H and O–H groups in total. The molecule has 33 heavy (non-hydrogen) atoms. The molecule has 1 fully saturated rings. The van der Waals surface area contributed by atoms with E-state index < -0.39 is 23.4 Å². The van der Waals surface area contributed by atoms with Crippen molar-refractivity contribution >= 4 is 27.5 Å². The van der Waals surface area contributed by atoms with E-state index in [-0.39, 0.29) is 11.0 Å². The molecule has 5 rings (SSSR count). The Hall–Kier alpha value is -3.23. The van der Waals surface area contributed by atoms with Gasteiger partial charge in [0, 0.05) is 32.3 Å². The van der Waals surface area contributed by atoms with Gasteiger partial charge in [-0.15, -0.1) is 0 Å². The molecule has 0 unspecified atom stereocenters. The first-order valence-corrected chi connectivity index (χ1v) is 11.5. The second kappa shape index (κ2) is 8.28. The lowest BCUT2D eigenvalue weighted by molar-refractivity contribution is -0.532. The van der Waals surface area contributed by atoms with E-state index in [2.05, 4.69) is 26.6 Å². The van der Waals surface area contributed by atoms with Gasteiger partial charge in [0.05, 0.1) is 5.92 Å². The summed E-state index contributed by atoms with van der Waals surface area (Å²) in [5.74, 6) is -0.432. The third kappa shape index (κ3) is 3.50. The molecule has 0 saturated carbocycles. The lowest BCUT2D eigenvalue weighted by Crippen LogP contribution is -2.54. The Morgan fingerprint density at radius 2 is 1.82 bits per heavy atom. The molecule has 168 valence electrons. The summed E-state index contributed by atoms with van der Waals surface area (Å²) in [5.41, 5.74) is 1.44. The number of nitrogens with one attached hydrogen (secondary N) is 2. The Labute approximate surface area is 199 Å². The molecule has 1 saturated heterocycles. The number of carbonyl (C=O) groups excluding carboxylic acids is 1. The van der Waals surface area contributed by atoms with Crippen LogP contribution in [0.15, 0.2) is 77.3 Å². The quantitative estimate of drug-likeness (QED) is 0.388. The van der Waals surface area contributed by atoms with E-state index in [0.717, 1.165) is 10.0 Å². The van der Waals surface area contributed by atoms with Gasteiger partial charge in [0.1, 0.15) is 12.4 Å². The van der Waals surface area contributed by atoms with Gasteiger partial charge in [0.25, 0.3) is 11.9 Å². The molecule has 0 radical (unpaired) electrons. The topological polar surface area (TPSA) is 93.5 Å². The van der Waals surface area contributed by atoms with Crippen molar-refractivity contribution in [3.63, 3.8) is 0 Å². The summed E-state index contributed by atoms with van der Waals surface area (Å²) in [6.45, 7) is 2.22. The third-order valence-corrected chi connectivity index (χ3v) is 7.02. The highest BCUT2D eigenvalue weighted by Crippen LogP contribution is 2.51. The summed E-state index contributed by atoms with van der Waals surface area (Å²) < 4.78 is 6.93. The minimum absolute atomic E-state index is 0.329. The van der Waals surface area contributed by atoms with Crippen LogP contribution >= 0.6 is 15.9 Å². The lowest BCUT2D eigenvalue weighted by Gasteiger charge is -2.26. The van der Waals surface area contributed by atoms with Crippen molar-refractivity contribution in [2.45, 2.75) is 37.1 Å². The molecule has 8 heteroatoms. The Balaban J connectivity index is 1.59. The van der Waals surface area contributed by atoms with E-state index in [4.69, 9.17) is 4.74 Å². The molecule has 0 bridgehead atoms. The number of halogens is 1. The van der Waals surface area contributed by atoms with Gasteiger partial charge in [-0.3, -0.25) is 20.2 Å². The van der Waals surface area contributed by atoms with Gasteiger partial charge < -0.3 is 10.1 Å². The molecular formula is C25H22BrN3O4. The number of rotatable bonds is 5. The number of ether oxygens (including phenoxy) is 1. The molecule has 0 aliphatic carbocycles. The van der Waals surface area contributed by atoms with Gasteiger partial charge in [-0.1, -0.05) is 64.5 Å². The Bertz CT molecular complexity index is 1240. The van der Waals surface area contributed by atoms with Crippen LogP contribution in [-0.4, -0.2) is 22.9 Å². The monoisotopic (exact) mass is 507 g/mol. The summed E-state index contributed by atoms with van der Waals surface area (Å²) in [6, 6.07) is 20.8. The average Bonchev–Trinajstić information content (AvgIpc) is 3.27. The maximum atomic E-state index is 13.2. The second-order valence-corrected chi connectivity index (χ2v) is 9.37. The molecule has 2 aliphatic rings. The maximum absolute atomic E-state index is 13.2. The number of benzene rings is 3. The summed E-state index contributed by atoms with van der Waals surface area (Å²) in [5, 5.41) is 18.7. The van der Waals surface area contributed by atoms with E-state index in [1.54, 1.807) is 24.3 Å². The molecule has 3 aromatic rings. The van der Waals surface area contributed by atoms with Crippen LogP contribution in [0.3, 0.4) is 0 Å². The van der Waals surface area contributed by atoms with Crippen LogP contribution < -0.4 is 15.4 Å². The molecule has 2 aliphatic heterocycles. The Kier molecular flexibility index (Phi) is 5.42. The fourth-order valence-electron chi connectivity index (χ4n) is 5.17. The Morgan fingerprint density at radius 3 is 2.58 bits per heavy atom. The van der Waals surface area contributed by atoms with Gasteiger partial charge in [-0.25, -0.2) is 0 Å². The summed E-state index contributed by atoms with van der Waals surface area (Å²) in [7, 11) is 0. The largest absolute Gasteiger partial charge is 0.489 e. The van der Waals surface area contributed by atoms with Crippen LogP contribution in [0, 0.1) is 10.1 Å². The number of nitrogens with zero attached hydrogens (tertiary/aromatic N) is 1. The standard InChI is InChI=1S/C25H22BrN3O4/c1-15-22(18-13-17(26)11-12-21(18)33-14-16-7-3-2-4-8-16)23(29(31)32)25(28-15)19-9-5-6-10-20(19)27-24(25)30/h2-13,15,22-23,28H,14H2,1H3,(H,27,30)/t15-,22+,23-,25-/m0/s1. The van der Waals surface area contributed by atoms with Crippen LogP contribution in [0.1, 0.15) is 29.5 Å². The number of nitro groups is 1. The minimum atomic E-state index is -1.46. The van der Waals surface area contributed by atoms with Crippen LogP contribution in [0.25, 0.3) is 0 Å². The zero-order chi connectivity index (χ0) is 23.2. The molecule has 7 nitrogen and oxygen atoms in total. The summed E-state index contributed by atoms with van der Waals surface area (Å²) >= 11 is 3.50. The van der Waals surface area contributed by atoms with Crippen molar-refractivity contribution < 1.29 is 14.5 Å². The van der Waals surface area contributed by atoms with Crippen LogP contribution in [0.4, 0.5) is 5.69 Å². The number of hydrogen-bond donors (Lipinski definition) is 2. The fourth-order valence-corrected chi connectivity index (χ4v) is 5.55. The Morgan fingerprint density at radius 1 is 1.09 bits per heavy atom. The van der Waals surface area contributed by atoms with Crippen molar-refractivity contribution in [1.29, 1.82) is 0 Å². The number of anilines is 1. The molecule has 3 aromatic carbocycles. The first kappa shape index (κ1) is 21.6. The van der Waals surface area contributed by atoms with Crippen molar-refractivity contribution in [2.75, 3.05) is 5.32 Å². The number of hydrogen-bond acceptors (Lipinski definition) is 5. The predicted molar refractivity (Wildman–Crippen MR) is 128 cm³/mol. The average molecular weight is 508 g/mol. The minimum Gasteiger partial charge on any atom is -0.489 e. The first-order valence-electron chi connectivity index (χ1n) is 10.7. The van der Waals surface area contributed by atoms with Crippen molar-refractivity contribution in [3.8, 4) is 5.75 Å². The van der Waals surface area contributed by atoms with Crippen LogP contribution in [0.2, 0.25) is 0 Å². The number of amides is 1. The highest BCUT2D eigenvalue weighted by atomic mass is 79.9. The van der Waals surface area contributed by atoms with Crippen molar-refractivity contribution in [1.82, 2.24) is 5.32 Å². The van der Waals surface area contributed by atoms with E-state index in [1.807, 2.05) is 55.5 Å². The fraction of sp³-hybridized carbons (Fsp3) is 0.240. The zero-order valence-corrected chi connectivity index (χ0v) is 19.4. The normalized spacial score (nSPS) is 25.6.